The monoisotopic (exact) mass is 242 g/mol. The van der Waals surface area contributed by atoms with E-state index in [1.165, 1.54) is 0 Å². The zero-order chi connectivity index (χ0) is 13.4. The average molecular weight is 242 g/mol. The largest absolute Gasteiger partial charge is 0.288 e. The summed E-state index contributed by atoms with van der Waals surface area (Å²) in [5, 5.41) is 4.31. The lowest BCUT2D eigenvalue weighted by Gasteiger charge is -2.06. The van der Waals surface area contributed by atoms with Crippen LogP contribution in [0.15, 0.2) is 18.2 Å². The third kappa shape index (κ3) is 1.96. The van der Waals surface area contributed by atoms with E-state index in [1.54, 1.807) is 4.68 Å². The van der Waals surface area contributed by atoms with Crippen molar-refractivity contribution in [3.63, 3.8) is 0 Å². The van der Waals surface area contributed by atoms with Gasteiger partial charge in [-0.3, -0.25) is 9.48 Å². The van der Waals surface area contributed by atoms with Crippen molar-refractivity contribution in [1.82, 2.24) is 9.78 Å². The second-order valence-electron chi connectivity index (χ2n) is 4.82. The van der Waals surface area contributed by atoms with Crippen LogP contribution in [-0.2, 0) is 7.05 Å². The summed E-state index contributed by atoms with van der Waals surface area (Å²) in [7, 11) is 1.86. The molecule has 94 valence electrons. The smallest absolute Gasteiger partial charge is 0.197 e. The van der Waals surface area contributed by atoms with Crippen molar-refractivity contribution >= 4 is 5.78 Å². The highest BCUT2D eigenvalue weighted by Gasteiger charge is 2.20. The molecular weight excluding hydrogens is 224 g/mol. The van der Waals surface area contributed by atoms with Gasteiger partial charge in [-0.05, 0) is 39.3 Å². The fourth-order valence-electron chi connectivity index (χ4n) is 2.22. The van der Waals surface area contributed by atoms with Gasteiger partial charge in [0.05, 0.1) is 11.3 Å². The Hall–Kier alpha value is -1.90. The van der Waals surface area contributed by atoms with Crippen LogP contribution in [0.2, 0.25) is 0 Å². The Morgan fingerprint density at radius 2 is 1.83 bits per heavy atom. The molecule has 0 saturated carbocycles. The molecule has 0 radical (unpaired) electrons. The number of aromatic nitrogens is 2. The van der Waals surface area contributed by atoms with Gasteiger partial charge in [0, 0.05) is 18.3 Å². The van der Waals surface area contributed by atoms with E-state index in [4.69, 9.17) is 0 Å². The number of benzene rings is 1. The summed E-state index contributed by atoms with van der Waals surface area (Å²) in [6.45, 7) is 7.77. The molecule has 0 atom stereocenters. The molecule has 1 aromatic carbocycles. The van der Waals surface area contributed by atoms with E-state index in [9.17, 15) is 4.79 Å². The van der Waals surface area contributed by atoms with Gasteiger partial charge < -0.3 is 0 Å². The highest BCUT2D eigenvalue weighted by molar-refractivity contribution is 6.11. The van der Waals surface area contributed by atoms with Crippen molar-refractivity contribution in [3.8, 4) is 0 Å². The van der Waals surface area contributed by atoms with Crippen LogP contribution in [0.1, 0.15) is 38.4 Å². The van der Waals surface area contributed by atoms with Crippen molar-refractivity contribution in [2.75, 3.05) is 0 Å². The van der Waals surface area contributed by atoms with E-state index in [0.717, 1.165) is 33.6 Å². The Morgan fingerprint density at radius 1 is 1.17 bits per heavy atom. The Bertz CT molecular complexity index is 624. The summed E-state index contributed by atoms with van der Waals surface area (Å²) in [5.41, 5.74) is 5.32. The number of carbonyl (C=O) groups is 1. The van der Waals surface area contributed by atoms with Crippen molar-refractivity contribution in [2.45, 2.75) is 27.7 Å². The molecule has 1 heterocycles. The van der Waals surface area contributed by atoms with E-state index in [2.05, 4.69) is 5.10 Å². The molecule has 0 aliphatic carbocycles. The molecule has 0 saturated heterocycles. The minimum absolute atomic E-state index is 0.0688. The molecule has 3 heteroatoms. The van der Waals surface area contributed by atoms with Crippen molar-refractivity contribution in [2.24, 2.45) is 7.05 Å². The molecule has 0 spiro atoms. The number of hydrogen-bond acceptors (Lipinski definition) is 2. The first kappa shape index (κ1) is 12.6. The van der Waals surface area contributed by atoms with Crippen LogP contribution in [0.5, 0.6) is 0 Å². The van der Waals surface area contributed by atoms with Gasteiger partial charge in [-0.15, -0.1) is 0 Å². The molecule has 3 nitrogen and oxygen atoms in total. The zero-order valence-electron chi connectivity index (χ0n) is 11.5. The molecule has 0 aliphatic rings. The van der Waals surface area contributed by atoms with Crippen molar-refractivity contribution in [3.05, 3.63) is 51.8 Å². The molecule has 0 bridgehead atoms. The second kappa shape index (κ2) is 4.41. The van der Waals surface area contributed by atoms with Gasteiger partial charge in [0.2, 0.25) is 0 Å². The summed E-state index contributed by atoms with van der Waals surface area (Å²) in [4.78, 5) is 12.6. The van der Waals surface area contributed by atoms with Gasteiger partial charge in [-0.2, -0.15) is 5.10 Å². The number of ketones is 1. The first-order valence-corrected chi connectivity index (χ1v) is 6.04. The minimum atomic E-state index is 0.0688. The molecule has 1 aromatic heterocycles. The Balaban J connectivity index is 2.58. The van der Waals surface area contributed by atoms with Crippen molar-refractivity contribution < 1.29 is 4.79 Å². The summed E-state index contributed by atoms with van der Waals surface area (Å²) >= 11 is 0. The number of rotatable bonds is 2. The van der Waals surface area contributed by atoms with E-state index >= 15 is 0 Å². The summed E-state index contributed by atoms with van der Waals surface area (Å²) in [5.74, 6) is 0.0688. The molecule has 2 aromatic rings. The molecule has 0 amide bonds. The standard InChI is InChI=1S/C15H18N2O/c1-9-6-7-10(2)13(8-9)15(18)14-11(3)16-17(5)12(14)4/h6-8H,1-5H3. The number of carbonyl (C=O) groups excluding carboxylic acids is 1. The predicted molar refractivity (Wildman–Crippen MR) is 72.0 cm³/mol. The maximum atomic E-state index is 12.6. The molecule has 2 rings (SSSR count). The quantitative estimate of drug-likeness (QED) is 0.759. The zero-order valence-corrected chi connectivity index (χ0v) is 11.5. The van der Waals surface area contributed by atoms with E-state index in [-0.39, 0.29) is 5.78 Å². The van der Waals surface area contributed by atoms with Gasteiger partial charge in [0.1, 0.15) is 0 Å². The van der Waals surface area contributed by atoms with E-state index in [1.807, 2.05) is 52.9 Å². The predicted octanol–water partition coefficient (Wildman–Crippen LogP) is 2.88. The average Bonchev–Trinajstić information content (AvgIpc) is 2.56. The van der Waals surface area contributed by atoms with Crippen LogP contribution in [-0.4, -0.2) is 15.6 Å². The topological polar surface area (TPSA) is 34.9 Å². The van der Waals surface area contributed by atoms with Crippen LogP contribution in [0.3, 0.4) is 0 Å². The normalized spacial score (nSPS) is 10.7. The molecule has 0 N–H and O–H groups in total. The minimum Gasteiger partial charge on any atom is -0.288 e. The number of hydrogen-bond donors (Lipinski definition) is 0. The fourth-order valence-corrected chi connectivity index (χ4v) is 2.22. The molecule has 0 unspecified atom stereocenters. The summed E-state index contributed by atoms with van der Waals surface area (Å²) in [6, 6.07) is 5.96. The maximum absolute atomic E-state index is 12.6. The van der Waals surface area contributed by atoms with Crippen LogP contribution in [0.25, 0.3) is 0 Å². The van der Waals surface area contributed by atoms with Gasteiger partial charge >= 0.3 is 0 Å². The van der Waals surface area contributed by atoms with E-state index in [0.29, 0.717) is 0 Å². The molecular formula is C15H18N2O. The third-order valence-electron chi connectivity index (χ3n) is 3.37. The Morgan fingerprint density at radius 3 is 2.39 bits per heavy atom. The maximum Gasteiger partial charge on any atom is 0.197 e. The SMILES string of the molecule is Cc1ccc(C)c(C(=O)c2c(C)nn(C)c2C)c1. The van der Waals surface area contributed by atoms with Gasteiger partial charge in [0.25, 0.3) is 0 Å². The molecule has 0 fully saturated rings. The van der Waals surface area contributed by atoms with Crippen LogP contribution >= 0.6 is 0 Å². The Labute approximate surface area is 107 Å². The van der Waals surface area contributed by atoms with Crippen LogP contribution in [0, 0.1) is 27.7 Å². The van der Waals surface area contributed by atoms with E-state index < -0.39 is 0 Å². The Kier molecular flexibility index (Phi) is 3.07. The van der Waals surface area contributed by atoms with Gasteiger partial charge in [0.15, 0.2) is 5.78 Å². The second-order valence-corrected chi connectivity index (χ2v) is 4.82. The first-order chi connectivity index (χ1) is 8.41. The first-order valence-electron chi connectivity index (χ1n) is 6.04. The van der Waals surface area contributed by atoms with Crippen LogP contribution < -0.4 is 0 Å². The van der Waals surface area contributed by atoms with Gasteiger partial charge in [-0.1, -0.05) is 17.7 Å². The lowest BCUT2D eigenvalue weighted by molar-refractivity contribution is 0.103. The highest BCUT2D eigenvalue weighted by Crippen LogP contribution is 2.20. The third-order valence-corrected chi connectivity index (χ3v) is 3.37. The lowest BCUT2D eigenvalue weighted by atomic mass is 9.96. The molecule has 18 heavy (non-hydrogen) atoms. The summed E-state index contributed by atoms with van der Waals surface area (Å²) in [6.07, 6.45) is 0. The van der Waals surface area contributed by atoms with Gasteiger partial charge in [-0.25, -0.2) is 0 Å². The summed E-state index contributed by atoms with van der Waals surface area (Å²) < 4.78 is 1.76. The lowest BCUT2D eigenvalue weighted by Crippen LogP contribution is -2.07. The fraction of sp³-hybridized carbons (Fsp3) is 0.333. The van der Waals surface area contributed by atoms with Crippen LogP contribution in [0.4, 0.5) is 0 Å². The number of aryl methyl sites for hydroxylation is 4. The van der Waals surface area contributed by atoms with Crippen molar-refractivity contribution in [1.29, 1.82) is 0 Å². The molecule has 0 aliphatic heterocycles. The number of nitrogens with zero attached hydrogens (tertiary/aromatic N) is 2. The highest BCUT2D eigenvalue weighted by atomic mass is 16.1.